The Hall–Kier alpha value is -1.51. The molecule has 1 saturated heterocycles. The van der Waals surface area contributed by atoms with Crippen molar-refractivity contribution in [1.82, 2.24) is 4.90 Å². The number of nitrogens with two attached hydrogens (primary N) is 1. The number of carbonyl (C=O) groups excluding carboxylic acids is 1. The largest absolute Gasteiger partial charge is 0.337 e. The topological polar surface area (TPSA) is 46.3 Å². The van der Waals surface area contributed by atoms with Gasteiger partial charge in [0.15, 0.2) is 0 Å². The third-order valence-electron chi connectivity index (χ3n) is 2.84. The molecule has 0 aromatic heterocycles. The molecule has 1 aromatic rings. The fraction of sp³-hybridized carbons (Fsp3) is 0.357. The van der Waals surface area contributed by atoms with Gasteiger partial charge in [-0.25, -0.2) is 4.39 Å². The Kier molecular flexibility index (Phi) is 4.83. The van der Waals surface area contributed by atoms with Gasteiger partial charge >= 0.3 is 0 Å². The molecule has 1 heterocycles. The first-order chi connectivity index (χ1) is 9.22. The molecule has 1 aromatic carbocycles. The summed E-state index contributed by atoms with van der Waals surface area (Å²) < 4.78 is 13.8. The van der Waals surface area contributed by atoms with Gasteiger partial charge < -0.3 is 10.6 Å². The van der Waals surface area contributed by atoms with Gasteiger partial charge in [0.05, 0.1) is 12.1 Å². The highest BCUT2D eigenvalue weighted by Gasteiger charge is 2.19. The zero-order valence-corrected chi connectivity index (χ0v) is 11.3. The van der Waals surface area contributed by atoms with Crippen molar-refractivity contribution in [1.29, 1.82) is 0 Å². The maximum Gasteiger partial charge on any atom is 0.254 e. The average molecular weight is 278 g/mol. The van der Waals surface area contributed by atoms with Crippen molar-refractivity contribution in [2.24, 2.45) is 5.73 Å². The van der Waals surface area contributed by atoms with E-state index in [9.17, 15) is 9.18 Å². The highest BCUT2D eigenvalue weighted by atomic mass is 32.2. The minimum Gasteiger partial charge on any atom is -0.337 e. The summed E-state index contributed by atoms with van der Waals surface area (Å²) in [6, 6.07) is 4.40. The van der Waals surface area contributed by atoms with Crippen molar-refractivity contribution in [3.8, 4) is 11.8 Å². The van der Waals surface area contributed by atoms with Crippen molar-refractivity contribution in [2.45, 2.75) is 0 Å². The summed E-state index contributed by atoms with van der Waals surface area (Å²) in [5.41, 5.74) is 5.90. The molecule has 0 radical (unpaired) electrons. The summed E-state index contributed by atoms with van der Waals surface area (Å²) in [4.78, 5) is 13.9. The monoisotopic (exact) mass is 278 g/mol. The molecule has 0 atom stereocenters. The van der Waals surface area contributed by atoms with Crippen molar-refractivity contribution in [3.63, 3.8) is 0 Å². The van der Waals surface area contributed by atoms with E-state index in [0.717, 1.165) is 24.6 Å². The predicted molar refractivity (Wildman–Crippen MR) is 75.6 cm³/mol. The summed E-state index contributed by atoms with van der Waals surface area (Å²) in [5.74, 6) is 6.53. The molecule has 0 spiro atoms. The van der Waals surface area contributed by atoms with Crippen molar-refractivity contribution < 1.29 is 9.18 Å². The molecule has 100 valence electrons. The lowest BCUT2D eigenvalue weighted by atomic mass is 10.1. The molecule has 0 saturated carbocycles. The number of hydrogen-bond acceptors (Lipinski definition) is 3. The van der Waals surface area contributed by atoms with E-state index < -0.39 is 5.82 Å². The van der Waals surface area contributed by atoms with Gasteiger partial charge in [-0.2, -0.15) is 11.8 Å². The number of benzene rings is 1. The smallest absolute Gasteiger partial charge is 0.254 e. The summed E-state index contributed by atoms with van der Waals surface area (Å²) in [6.45, 7) is 1.63. The standard InChI is InChI=1S/C14H15FN2OS/c15-13-10-12(4-3-11(13)2-1-5-16)14(18)17-6-8-19-9-7-17/h3-4,10H,5-9,16H2. The van der Waals surface area contributed by atoms with Crippen LogP contribution in [-0.4, -0.2) is 41.9 Å². The number of hydrogen-bond donors (Lipinski definition) is 1. The normalized spacial score (nSPS) is 14.7. The first-order valence-corrected chi connectivity index (χ1v) is 7.23. The third-order valence-corrected chi connectivity index (χ3v) is 3.78. The van der Waals surface area contributed by atoms with Crippen LogP contribution in [0, 0.1) is 17.7 Å². The number of rotatable bonds is 1. The SMILES string of the molecule is NCC#Cc1ccc(C(=O)N2CCSCC2)cc1F. The Balaban J connectivity index is 2.16. The van der Waals surface area contributed by atoms with Crippen LogP contribution in [0.3, 0.4) is 0 Å². The third kappa shape index (κ3) is 3.49. The fourth-order valence-electron chi connectivity index (χ4n) is 1.84. The molecule has 1 aliphatic heterocycles. The number of thioether (sulfide) groups is 1. The van der Waals surface area contributed by atoms with Crippen molar-refractivity contribution in [3.05, 3.63) is 35.1 Å². The Morgan fingerprint density at radius 1 is 1.42 bits per heavy atom. The van der Waals surface area contributed by atoms with Crippen LogP contribution in [0.15, 0.2) is 18.2 Å². The zero-order valence-electron chi connectivity index (χ0n) is 10.5. The lowest BCUT2D eigenvalue weighted by Crippen LogP contribution is -2.37. The quantitative estimate of drug-likeness (QED) is 0.788. The van der Waals surface area contributed by atoms with Crippen molar-refractivity contribution >= 4 is 17.7 Å². The molecule has 2 N–H and O–H groups in total. The summed E-state index contributed by atoms with van der Waals surface area (Å²) >= 11 is 1.83. The highest BCUT2D eigenvalue weighted by Crippen LogP contribution is 2.15. The highest BCUT2D eigenvalue weighted by molar-refractivity contribution is 7.99. The summed E-state index contributed by atoms with van der Waals surface area (Å²) in [5, 5.41) is 0. The Morgan fingerprint density at radius 2 is 2.16 bits per heavy atom. The van der Waals surface area contributed by atoms with Crippen molar-refractivity contribution in [2.75, 3.05) is 31.1 Å². The number of carbonyl (C=O) groups is 1. The van der Waals surface area contributed by atoms with E-state index in [-0.39, 0.29) is 18.0 Å². The van der Waals surface area contributed by atoms with E-state index in [2.05, 4.69) is 11.8 Å². The number of amides is 1. The molecule has 3 nitrogen and oxygen atoms in total. The van der Waals surface area contributed by atoms with E-state index in [1.165, 1.54) is 12.1 Å². The summed E-state index contributed by atoms with van der Waals surface area (Å²) in [7, 11) is 0. The van der Waals surface area contributed by atoms with Gasteiger partial charge in [0.2, 0.25) is 0 Å². The molecule has 0 unspecified atom stereocenters. The molecular weight excluding hydrogens is 263 g/mol. The first-order valence-electron chi connectivity index (χ1n) is 6.08. The molecule has 0 bridgehead atoms. The molecule has 2 rings (SSSR count). The van der Waals surface area contributed by atoms with Crippen LogP contribution in [0.2, 0.25) is 0 Å². The number of nitrogens with zero attached hydrogens (tertiary/aromatic N) is 1. The Labute approximate surface area is 116 Å². The van der Waals surface area contributed by atoms with E-state index in [0.29, 0.717) is 5.56 Å². The second-order valence-corrected chi connectivity index (χ2v) is 5.33. The van der Waals surface area contributed by atoms with Gasteiger partial charge in [0.25, 0.3) is 5.91 Å². The fourth-order valence-corrected chi connectivity index (χ4v) is 2.75. The van der Waals surface area contributed by atoms with E-state index >= 15 is 0 Å². The zero-order chi connectivity index (χ0) is 13.7. The van der Waals surface area contributed by atoms with Crippen LogP contribution in [0.1, 0.15) is 15.9 Å². The van der Waals surface area contributed by atoms with Crippen LogP contribution in [0.25, 0.3) is 0 Å². The van der Waals surface area contributed by atoms with Gasteiger partial charge in [-0.3, -0.25) is 4.79 Å². The molecule has 1 aliphatic rings. The minimum absolute atomic E-state index is 0.113. The van der Waals surface area contributed by atoms with E-state index in [4.69, 9.17) is 5.73 Å². The molecule has 19 heavy (non-hydrogen) atoms. The molecular formula is C14H15FN2OS. The number of halogens is 1. The van der Waals surface area contributed by atoms with Crippen LogP contribution in [-0.2, 0) is 0 Å². The minimum atomic E-state index is -0.474. The van der Waals surface area contributed by atoms with E-state index in [1.807, 2.05) is 11.8 Å². The van der Waals surface area contributed by atoms with Crippen LogP contribution in [0.4, 0.5) is 4.39 Å². The first kappa shape index (κ1) is 13.9. The molecule has 1 fully saturated rings. The lowest BCUT2D eigenvalue weighted by Gasteiger charge is -2.26. The van der Waals surface area contributed by atoms with E-state index in [1.54, 1.807) is 11.0 Å². The Bertz CT molecular complexity index is 530. The Morgan fingerprint density at radius 3 is 2.79 bits per heavy atom. The second-order valence-electron chi connectivity index (χ2n) is 4.11. The van der Waals surface area contributed by atoms with Gasteiger partial charge in [0.1, 0.15) is 5.82 Å². The molecule has 1 amide bonds. The van der Waals surface area contributed by atoms with Gasteiger partial charge in [-0.1, -0.05) is 11.8 Å². The molecule has 0 aliphatic carbocycles. The van der Waals surface area contributed by atoms with Gasteiger partial charge in [0, 0.05) is 30.2 Å². The maximum absolute atomic E-state index is 13.8. The lowest BCUT2D eigenvalue weighted by molar-refractivity contribution is 0.0772. The van der Waals surface area contributed by atoms with Crippen LogP contribution in [0.5, 0.6) is 0 Å². The van der Waals surface area contributed by atoms with Crippen LogP contribution >= 0.6 is 11.8 Å². The maximum atomic E-state index is 13.8. The second kappa shape index (κ2) is 6.60. The summed E-state index contributed by atoms with van der Waals surface area (Å²) in [6.07, 6.45) is 0. The molecule has 5 heteroatoms. The van der Waals surface area contributed by atoms with Gasteiger partial charge in [-0.15, -0.1) is 0 Å². The predicted octanol–water partition coefficient (Wildman–Crippen LogP) is 1.32. The average Bonchev–Trinajstić information content (AvgIpc) is 2.46. The van der Waals surface area contributed by atoms with Gasteiger partial charge in [-0.05, 0) is 18.2 Å². The van der Waals surface area contributed by atoms with Crippen LogP contribution < -0.4 is 5.73 Å².